The van der Waals surface area contributed by atoms with Crippen molar-refractivity contribution in [2.75, 3.05) is 0 Å². The average molecular weight is 776 g/mol. The van der Waals surface area contributed by atoms with Crippen LogP contribution in [0.3, 0.4) is 0 Å². The van der Waals surface area contributed by atoms with Crippen LogP contribution in [0, 0.1) is 0 Å². The van der Waals surface area contributed by atoms with Gasteiger partial charge < -0.3 is 0 Å². The first-order valence-corrected chi connectivity index (χ1v) is 20.9. The van der Waals surface area contributed by atoms with E-state index >= 15 is 0 Å². The number of rotatable bonds is 6. The van der Waals surface area contributed by atoms with E-state index in [1.54, 1.807) is 0 Å². The van der Waals surface area contributed by atoms with Gasteiger partial charge in [-0.25, -0.2) is 15.0 Å². The molecule has 0 fully saturated rings. The molecule has 0 atom stereocenters. The van der Waals surface area contributed by atoms with Crippen LogP contribution in [-0.2, 0) is 5.41 Å². The minimum atomic E-state index is -0.391. The van der Waals surface area contributed by atoms with Crippen LogP contribution >= 0.6 is 0 Å². The molecule has 0 N–H and O–H groups in total. The van der Waals surface area contributed by atoms with Crippen LogP contribution in [-0.4, -0.2) is 15.0 Å². The first-order chi connectivity index (χ1) is 30.2. The van der Waals surface area contributed by atoms with Gasteiger partial charge in [-0.3, -0.25) is 0 Å². The molecule has 3 heteroatoms. The highest BCUT2D eigenvalue weighted by Crippen LogP contribution is 2.63. The topological polar surface area (TPSA) is 38.7 Å². The number of nitrogens with zero attached hydrogens (tertiary/aromatic N) is 3. The smallest absolute Gasteiger partial charge is 0.164 e. The molecule has 284 valence electrons. The number of hydrogen-bond donors (Lipinski definition) is 0. The van der Waals surface area contributed by atoms with Gasteiger partial charge in [0.15, 0.2) is 17.5 Å². The molecular formula is C58H37N3. The summed E-state index contributed by atoms with van der Waals surface area (Å²) in [5.41, 5.74) is 19.6. The lowest BCUT2D eigenvalue weighted by atomic mass is 9.70. The lowest BCUT2D eigenvalue weighted by Crippen LogP contribution is -2.25. The van der Waals surface area contributed by atoms with Crippen LogP contribution < -0.4 is 0 Å². The standard InChI is InChI=1S/C58H37N3/c1-3-17-38(18-4-1)40-21-15-23-43(35-40)55-59-56(44-24-16-22-41(36-44)39-19-5-2-6-20-39)61-57(60-55)49-29-8-7-25-45(49)42-33-34-54-50(37-42)48-28-11-14-32-53(48)58(54)51-30-12-9-26-46(51)47-27-10-13-31-52(47)58/h1-37H. The Morgan fingerprint density at radius 1 is 0.213 bits per heavy atom. The third-order valence-corrected chi connectivity index (χ3v) is 12.6. The largest absolute Gasteiger partial charge is 0.208 e. The van der Waals surface area contributed by atoms with Crippen molar-refractivity contribution in [2.45, 2.75) is 5.41 Å². The Kier molecular flexibility index (Phi) is 8.07. The molecule has 12 rings (SSSR count). The van der Waals surface area contributed by atoms with Crippen molar-refractivity contribution >= 4 is 0 Å². The normalized spacial score (nSPS) is 12.7. The molecule has 9 aromatic carbocycles. The van der Waals surface area contributed by atoms with Crippen LogP contribution in [0.1, 0.15) is 22.3 Å². The van der Waals surface area contributed by atoms with Crippen LogP contribution in [0.25, 0.3) is 89.8 Å². The molecule has 2 aliphatic carbocycles. The van der Waals surface area contributed by atoms with Gasteiger partial charge >= 0.3 is 0 Å². The van der Waals surface area contributed by atoms with Crippen molar-refractivity contribution in [1.29, 1.82) is 0 Å². The number of benzene rings is 9. The van der Waals surface area contributed by atoms with Crippen molar-refractivity contribution < 1.29 is 0 Å². The summed E-state index contributed by atoms with van der Waals surface area (Å²) in [6.07, 6.45) is 0. The zero-order valence-electron chi connectivity index (χ0n) is 33.2. The first kappa shape index (κ1) is 35.0. The predicted molar refractivity (Wildman–Crippen MR) is 249 cm³/mol. The number of fused-ring (bicyclic) bond motifs is 10. The molecule has 61 heavy (non-hydrogen) atoms. The Balaban J connectivity index is 1.04. The molecule has 1 heterocycles. The molecule has 0 saturated heterocycles. The van der Waals surface area contributed by atoms with Crippen molar-refractivity contribution in [3.8, 4) is 89.8 Å². The van der Waals surface area contributed by atoms with Crippen molar-refractivity contribution in [2.24, 2.45) is 0 Å². The summed E-state index contributed by atoms with van der Waals surface area (Å²) in [6.45, 7) is 0. The zero-order chi connectivity index (χ0) is 40.3. The maximum absolute atomic E-state index is 5.30. The Morgan fingerprint density at radius 3 is 1.11 bits per heavy atom. The molecule has 1 spiro atoms. The highest BCUT2D eigenvalue weighted by atomic mass is 15.0. The fourth-order valence-electron chi connectivity index (χ4n) is 9.89. The van der Waals surface area contributed by atoms with Crippen LogP contribution in [0.2, 0.25) is 0 Å². The fraction of sp³-hybridized carbons (Fsp3) is 0.0172. The van der Waals surface area contributed by atoms with E-state index in [1.807, 2.05) is 12.1 Å². The fourth-order valence-corrected chi connectivity index (χ4v) is 9.89. The maximum atomic E-state index is 5.30. The van der Waals surface area contributed by atoms with E-state index in [-0.39, 0.29) is 0 Å². The summed E-state index contributed by atoms with van der Waals surface area (Å²) in [6, 6.07) is 80.4. The predicted octanol–water partition coefficient (Wildman–Crippen LogP) is 14.2. The van der Waals surface area contributed by atoms with Crippen molar-refractivity contribution in [3.63, 3.8) is 0 Å². The molecule has 0 bridgehead atoms. The van der Waals surface area contributed by atoms with E-state index in [9.17, 15) is 0 Å². The van der Waals surface area contributed by atoms with E-state index in [0.29, 0.717) is 17.5 Å². The van der Waals surface area contributed by atoms with Gasteiger partial charge in [0.05, 0.1) is 5.41 Å². The van der Waals surface area contributed by atoms with Gasteiger partial charge in [-0.05, 0) is 96.1 Å². The van der Waals surface area contributed by atoms with E-state index in [0.717, 1.165) is 50.1 Å². The second-order valence-electron chi connectivity index (χ2n) is 15.9. The van der Waals surface area contributed by atoms with Crippen molar-refractivity contribution in [3.05, 3.63) is 247 Å². The Bertz CT molecular complexity index is 3170. The summed E-state index contributed by atoms with van der Waals surface area (Å²) in [4.78, 5) is 15.8. The monoisotopic (exact) mass is 775 g/mol. The zero-order valence-corrected chi connectivity index (χ0v) is 33.2. The molecule has 0 saturated carbocycles. The van der Waals surface area contributed by atoms with E-state index < -0.39 is 5.41 Å². The molecule has 0 aliphatic heterocycles. The van der Waals surface area contributed by atoms with Crippen LogP contribution in [0.5, 0.6) is 0 Å². The van der Waals surface area contributed by atoms with Gasteiger partial charge in [-0.1, -0.05) is 206 Å². The minimum Gasteiger partial charge on any atom is -0.208 e. The van der Waals surface area contributed by atoms with Crippen LogP contribution in [0.4, 0.5) is 0 Å². The third kappa shape index (κ3) is 5.55. The summed E-state index contributed by atoms with van der Waals surface area (Å²) < 4.78 is 0. The van der Waals surface area contributed by atoms with Gasteiger partial charge in [0.2, 0.25) is 0 Å². The van der Waals surface area contributed by atoms with Gasteiger partial charge in [0.25, 0.3) is 0 Å². The van der Waals surface area contributed by atoms with Crippen LogP contribution in [0.15, 0.2) is 224 Å². The molecule has 1 aromatic heterocycles. The lowest BCUT2D eigenvalue weighted by Gasteiger charge is -2.30. The molecule has 10 aromatic rings. The number of aromatic nitrogens is 3. The van der Waals surface area contributed by atoms with Gasteiger partial charge in [0.1, 0.15) is 0 Å². The van der Waals surface area contributed by atoms with Gasteiger partial charge in [0, 0.05) is 16.7 Å². The maximum Gasteiger partial charge on any atom is 0.164 e. The van der Waals surface area contributed by atoms with Gasteiger partial charge in [-0.2, -0.15) is 0 Å². The highest BCUT2D eigenvalue weighted by Gasteiger charge is 2.51. The Hall–Kier alpha value is -8.01. The average Bonchev–Trinajstić information content (AvgIpc) is 3.81. The summed E-state index contributed by atoms with van der Waals surface area (Å²) in [5, 5.41) is 0. The summed E-state index contributed by atoms with van der Waals surface area (Å²) in [7, 11) is 0. The van der Waals surface area contributed by atoms with E-state index in [1.165, 1.54) is 44.5 Å². The highest BCUT2D eigenvalue weighted by molar-refractivity contribution is 5.97. The molecule has 0 amide bonds. The van der Waals surface area contributed by atoms with E-state index in [2.05, 4.69) is 212 Å². The lowest BCUT2D eigenvalue weighted by molar-refractivity contribution is 0.794. The van der Waals surface area contributed by atoms with Crippen molar-refractivity contribution in [1.82, 2.24) is 15.0 Å². The van der Waals surface area contributed by atoms with Gasteiger partial charge in [-0.15, -0.1) is 0 Å². The second-order valence-corrected chi connectivity index (χ2v) is 15.9. The minimum absolute atomic E-state index is 0.391. The van der Waals surface area contributed by atoms with E-state index in [4.69, 9.17) is 15.0 Å². The summed E-state index contributed by atoms with van der Waals surface area (Å²) in [5.74, 6) is 1.88. The molecular weight excluding hydrogens is 739 g/mol. The number of hydrogen-bond acceptors (Lipinski definition) is 3. The molecule has 3 nitrogen and oxygen atoms in total. The summed E-state index contributed by atoms with van der Waals surface area (Å²) >= 11 is 0. The Labute approximate surface area is 355 Å². The first-order valence-electron chi connectivity index (χ1n) is 20.9. The molecule has 2 aliphatic rings. The second kappa shape index (κ2) is 14.1. The molecule has 0 radical (unpaired) electrons. The SMILES string of the molecule is c1ccc(-c2cccc(-c3nc(-c4cccc(-c5ccccc5)c4)nc(-c4ccccc4-c4ccc5c(c4)-c4ccccc4C54c5ccccc5-c5ccccc54)n3)c2)cc1. The molecule has 0 unspecified atom stereocenters. The third-order valence-electron chi connectivity index (χ3n) is 12.6. The quantitative estimate of drug-likeness (QED) is 0.169. The Morgan fingerprint density at radius 2 is 0.590 bits per heavy atom.